The largest absolute Gasteiger partial charge is 0.490 e. The molecule has 1 heterocycles. The predicted molar refractivity (Wildman–Crippen MR) is 71.8 cm³/mol. The SMILES string of the molecule is CNC1CC(C)Oc2c(C(C)C)ccc(C)c21. The van der Waals surface area contributed by atoms with Crippen molar-refractivity contribution in [3.63, 3.8) is 0 Å². The van der Waals surface area contributed by atoms with Crippen LogP contribution in [0.15, 0.2) is 12.1 Å². The van der Waals surface area contributed by atoms with Crippen molar-refractivity contribution in [2.45, 2.75) is 52.2 Å². The van der Waals surface area contributed by atoms with Gasteiger partial charge in [0.1, 0.15) is 5.75 Å². The fraction of sp³-hybridized carbons (Fsp3) is 0.600. The molecule has 1 aliphatic rings. The fourth-order valence-electron chi connectivity index (χ4n) is 2.70. The van der Waals surface area contributed by atoms with Crippen molar-refractivity contribution in [2.24, 2.45) is 0 Å². The van der Waals surface area contributed by atoms with E-state index in [1.54, 1.807) is 0 Å². The zero-order chi connectivity index (χ0) is 12.6. The van der Waals surface area contributed by atoms with Gasteiger partial charge in [-0.15, -0.1) is 0 Å². The normalized spacial score (nSPS) is 23.4. The molecule has 0 bridgehead atoms. The van der Waals surface area contributed by atoms with Crippen LogP contribution in [0.25, 0.3) is 0 Å². The molecule has 2 heteroatoms. The molecule has 2 atom stereocenters. The van der Waals surface area contributed by atoms with Crippen LogP contribution in [0.5, 0.6) is 5.75 Å². The molecule has 0 aliphatic carbocycles. The molecule has 0 spiro atoms. The van der Waals surface area contributed by atoms with Crippen LogP contribution in [0.2, 0.25) is 0 Å². The summed E-state index contributed by atoms with van der Waals surface area (Å²) in [7, 11) is 2.04. The number of hydrogen-bond acceptors (Lipinski definition) is 2. The second-order valence-electron chi connectivity index (χ2n) is 5.37. The first-order valence-electron chi connectivity index (χ1n) is 6.52. The van der Waals surface area contributed by atoms with Crippen molar-refractivity contribution in [3.05, 3.63) is 28.8 Å². The molecular weight excluding hydrogens is 210 g/mol. The molecule has 17 heavy (non-hydrogen) atoms. The van der Waals surface area contributed by atoms with E-state index in [2.05, 4.69) is 45.1 Å². The summed E-state index contributed by atoms with van der Waals surface area (Å²) in [6.07, 6.45) is 1.34. The first-order valence-corrected chi connectivity index (χ1v) is 6.52. The van der Waals surface area contributed by atoms with Gasteiger partial charge in [-0.2, -0.15) is 0 Å². The molecule has 0 saturated carbocycles. The lowest BCUT2D eigenvalue weighted by atomic mass is 9.88. The molecular formula is C15H23NO. The number of aryl methyl sites for hydroxylation is 1. The van der Waals surface area contributed by atoms with Gasteiger partial charge in [0, 0.05) is 18.0 Å². The summed E-state index contributed by atoms with van der Waals surface area (Å²) >= 11 is 0. The third-order valence-electron chi connectivity index (χ3n) is 3.65. The van der Waals surface area contributed by atoms with Gasteiger partial charge in [-0.25, -0.2) is 0 Å². The molecule has 1 aromatic rings. The van der Waals surface area contributed by atoms with Gasteiger partial charge >= 0.3 is 0 Å². The van der Waals surface area contributed by atoms with Crippen LogP contribution in [0.1, 0.15) is 55.8 Å². The van der Waals surface area contributed by atoms with Crippen molar-refractivity contribution < 1.29 is 4.74 Å². The Morgan fingerprint density at radius 1 is 1.35 bits per heavy atom. The zero-order valence-corrected chi connectivity index (χ0v) is 11.5. The van der Waals surface area contributed by atoms with E-state index in [0.717, 1.165) is 12.2 Å². The number of ether oxygens (including phenoxy) is 1. The van der Waals surface area contributed by atoms with E-state index < -0.39 is 0 Å². The Balaban J connectivity index is 2.57. The van der Waals surface area contributed by atoms with Crippen LogP contribution in [-0.2, 0) is 0 Å². The smallest absolute Gasteiger partial charge is 0.128 e. The maximum atomic E-state index is 6.10. The van der Waals surface area contributed by atoms with Crippen molar-refractivity contribution in [1.29, 1.82) is 0 Å². The molecule has 0 amide bonds. The topological polar surface area (TPSA) is 21.3 Å². The lowest BCUT2D eigenvalue weighted by molar-refractivity contribution is 0.166. The van der Waals surface area contributed by atoms with Gasteiger partial charge in [0.15, 0.2) is 0 Å². The zero-order valence-electron chi connectivity index (χ0n) is 11.5. The van der Waals surface area contributed by atoms with Gasteiger partial charge < -0.3 is 10.1 Å². The first kappa shape index (κ1) is 12.4. The highest BCUT2D eigenvalue weighted by molar-refractivity contribution is 5.50. The standard InChI is InChI=1S/C15H23NO/c1-9(2)12-7-6-10(3)14-13(16-5)8-11(4)17-15(12)14/h6-7,9,11,13,16H,8H2,1-5H3. The van der Waals surface area contributed by atoms with Crippen molar-refractivity contribution >= 4 is 0 Å². The van der Waals surface area contributed by atoms with E-state index in [9.17, 15) is 0 Å². The Bertz CT molecular complexity index is 412. The summed E-state index contributed by atoms with van der Waals surface area (Å²) in [5.74, 6) is 1.63. The van der Waals surface area contributed by atoms with Gasteiger partial charge in [0.25, 0.3) is 0 Å². The van der Waals surface area contributed by atoms with E-state index in [1.165, 1.54) is 16.7 Å². The van der Waals surface area contributed by atoms with Crippen LogP contribution in [-0.4, -0.2) is 13.2 Å². The molecule has 2 nitrogen and oxygen atoms in total. The van der Waals surface area contributed by atoms with Gasteiger partial charge in [-0.1, -0.05) is 26.0 Å². The highest BCUT2D eigenvalue weighted by Gasteiger charge is 2.28. The summed E-state index contributed by atoms with van der Waals surface area (Å²) in [5.41, 5.74) is 4.02. The summed E-state index contributed by atoms with van der Waals surface area (Å²) < 4.78 is 6.10. The summed E-state index contributed by atoms with van der Waals surface area (Å²) in [4.78, 5) is 0. The minimum atomic E-state index is 0.291. The van der Waals surface area contributed by atoms with E-state index >= 15 is 0 Å². The number of rotatable bonds is 2. The Hall–Kier alpha value is -1.02. The van der Waals surface area contributed by atoms with Gasteiger partial charge in [0.05, 0.1) is 6.10 Å². The Kier molecular flexibility index (Phi) is 3.43. The molecule has 2 unspecified atom stereocenters. The van der Waals surface area contributed by atoms with Crippen LogP contribution >= 0.6 is 0 Å². The van der Waals surface area contributed by atoms with Crippen LogP contribution in [0.3, 0.4) is 0 Å². The summed E-state index contributed by atoms with van der Waals surface area (Å²) in [6, 6.07) is 4.86. The van der Waals surface area contributed by atoms with Gasteiger partial charge in [-0.05, 0) is 37.9 Å². The van der Waals surface area contributed by atoms with Crippen LogP contribution < -0.4 is 10.1 Å². The number of hydrogen-bond donors (Lipinski definition) is 1. The molecule has 0 fully saturated rings. The summed E-state index contributed by atoms with van der Waals surface area (Å²) in [6.45, 7) is 8.77. The van der Waals surface area contributed by atoms with Gasteiger partial charge in [-0.3, -0.25) is 0 Å². The number of nitrogens with one attached hydrogen (secondary N) is 1. The maximum Gasteiger partial charge on any atom is 0.128 e. The number of fused-ring (bicyclic) bond motifs is 1. The average Bonchev–Trinajstić information content (AvgIpc) is 2.27. The van der Waals surface area contributed by atoms with E-state index in [1.807, 2.05) is 7.05 Å². The lowest BCUT2D eigenvalue weighted by Gasteiger charge is -2.33. The van der Waals surface area contributed by atoms with Crippen molar-refractivity contribution in [1.82, 2.24) is 5.32 Å². The van der Waals surface area contributed by atoms with Gasteiger partial charge in [0.2, 0.25) is 0 Å². The maximum absolute atomic E-state index is 6.10. The average molecular weight is 233 g/mol. The molecule has 1 aliphatic heterocycles. The summed E-state index contributed by atoms with van der Waals surface area (Å²) in [5, 5.41) is 3.42. The van der Waals surface area contributed by atoms with Crippen LogP contribution in [0.4, 0.5) is 0 Å². The van der Waals surface area contributed by atoms with Crippen LogP contribution in [0, 0.1) is 6.92 Å². The Morgan fingerprint density at radius 3 is 2.65 bits per heavy atom. The minimum Gasteiger partial charge on any atom is -0.490 e. The van der Waals surface area contributed by atoms with Crippen molar-refractivity contribution in [2.75, 3.05) is 7.05 Å². The number of benzene rings is 1. The van der Waals surface area contributed by atoms with Crippen molar-refractivity contribution in [3.8, 4) is 5.75 Å². The highest BCUT2D eigenvalue weighted by Crippen LogP contribution is 2.41. The predicted octanol–water partition coefficient (Wildman–Crippen LogP) is 3.55. The van der Waals surface area contributed by atoms with E-state index in [-0.39, 0.29) is 0 Å². The fourth-order valence-corrected chi connectivity index (χ4v) is 2.70. The second-order valence-corrected chi connectivity index (χ2v) is 5.37. The molecule has 1 N–H and O–H groups in total. The molecule has 0 aromatic heterocycles. The minimum absolute atomic E-state index is 0.291. The Labute approximate surface area is 104 Å². The molecule has 2 rings (SSSR count). The monoisotopic (exact) mass is 233 g/mol. The third-order valence-corrected chi connectivity index (χ3v) is 3.65. The third kappa shape index (κ3) is 2.19. The molecule has 1 aromatic carbocycles. The molecule has 94 valence electrons. The van der Waals surface area contributed by atoms with E-state index in [0.29, 0.717) is 18.1 Å². The second kappa shape index (κ2) is 4.69. The highest BCUT2D eigenvalue weighted by atomic mass is 16.5. The molecule has 0 saturated heterocycles. The Morgan fingerprint density at radius 2 is 2.06 bits per heavy atom. The first-order chi connectivity index (χ1) is 8.04. The molecule has 0 radical (unpaired) electrons. The van der Waals surface area contributed by atoms with E-state index in [4.69, 9.17) is 4.74 Å². The quantitative estimate of drug-likeness (QED) is 0.843. The lowest BCUT2D eigenvalue weighted by Crippen LogP contribution is -2.30.